The summed E-state index contributed by atoms with van der Waals surface area (Å²) in [7, 11) is 0. The maximum Gasteiger partial charge on any atom is 0.274 e. The first-order chi connectivity index (χ1) is 32.1. The lowest BCUT2D eigenvalue weighted by Crippen LogP contribution is -2.28. The van der Waals surface area contributed by atoms with Gasteiger partial charge < -0.3 is 0 Å². The fourth-order valence-electron chi connectivity index (χ4n) is 6.38. The highest BCUT2D eigenvalue weighted by Gasteiger charge is 2.30. The summed E-state index contributed by atoms with van der Waals surface area (Å²) in [5, 5.41) is 78.6. The molecule has 7 rings (SSSR count). The van der Waals surface area contributed by atoms with E-state index in [4.69, 9.17) is 46.0 Å². The van der Waals surface area contributed by atoms with Gasteiger partial charge in [-0.05, 0) is 0 Å². The Morgan fingerprint density at radius 3 is 1.09 bits per heavy atom. The summed E-state index contributed by atoms with van der Waals surface area (Å²) in [6, 6.07) is 13.9. The summed E-state index contributed by atoms with van der Waals surface area (Å²) >= 11 is 0. The third-order valence-electron chi connectivity index (χ3n) is 9.13. The Morgan fingerprint density at radius 2 is 0.667 bits per heavy atom. The lowest BCUT2D eigenvalue weighted by molar-refractivity contribution is 0.958. The van der Waals surface area contributed by atoms with Crippen molar-refractivity contribution in [1.29, 1.82) is 42.1 Å². The molecule has 0 spiro atoms. The molecule has 0 N–H and O–H groups in total. The number of fused-ring (bicyclic) bond motifs is 3. The predicted molar refractivity (Wildman–Crippen MR) is 211 cm³/mol. The molecule has 0 fully saturated rings. The average Bonchev–Trinajstić information content (AvgIpc) is 4.10. The SMILES string of the molecule is [C-]#[N+]/C(=C1/N=c2c(C#N)c(C#N)c([N+]#[C-])c([N+]#[C-])c2=N1)c1nc(/C(C#N)=C2/N=c3c(C#N)c(C#N)c(C#N)c([N+]#[C-])c3=N2)nc(/C(C#N)=C2/N=c3c(C#N)c([N+]#[C-])c([N+]#[C-])c([N+]#[C-])c3=N2)n1. The van der Waals surface area contributed by atoms with Gasteiger partial charge in [0.25, 0.3) is 5.70 Å². The van der Waals surface area contributed by atoms with E-state index in [2.05, 4.69) is 78.8 Å². The molecule has 0 atom stereocenters. The standard InChI is InChI=1S/C42N24/c1-51-24-19(11-46)20(12-47)28-34(31(24)55-5)63-41(60-28)36(57-7)42-65-39(22(14-49)37-58-27-18(10-45)16(8-43)17(9-44)25(52-2)33(27)61-37)64-40(66-42)23(15-50)38-59-29-21(13-48)26(53-3)30(54-4)32(56-6)35(29)62-38/b37-22-,38-23-,41-36-. The minimum absolute atomic E-state index is 0.359. The average molecular weight is 841 g/mol. The predicted octanol–water partition coefficient (Wildman–Crippen LogP) is 3.20. The second-order valence-electron chi connectivity index (χ2n) is 12.2. The zero-order valence-corrected chi connectivity index (χ0v) is 31.7. The minimum atomic E-state index is -0.732. The third-order valence-corrected chi connectivity index (χ3v) is 9.13. The number of rotatable bonds is 3. The Bertz CT molecular complexity index is 3720. The van der Waals surface area contributed by atoms with Crippen molar-refractivity contribution in [2.24, 2.45) is 30.0 Å². The lowest BCUT2D eigenvalue weighted by Gasteiger charge is -2.07. The highest BCUT2D eigenvalue weighted by atomic mass is 15.1. The molecule has 3 aliphatic rings. The molecule has 24 nitrogen and oxygen atoms in total. The molecule has 4 heterocycles. The molecule has 0 unspecified atom stereocenters. The minimum Gasteiger partial charge on any atom is -0.262 e. The fraction of sp³-hybridized carbons (Fsp3) is 0. The summed E-state index contributed by atoms with van der Waals surface area (Å²) in [6.07, 6.45) is 0. The first kappa shape index (κ1) is 41.2. The molecule has 0 saturated heterocycles. The van der Waals surface area contributed by atoms with Crippen LogP contribution in [-0.2, 0) is 0 Å². The van der Waals surface area contributed by atoms with Gasteiger partial charge in [-0.1, -0.05) is 0 Å². The van der Waals surface area contributed by atoms with Crippen LogP contribution in [0.5, 0.6) is 0 Å². The molecule has 0 amide bonds. The molecular weight excluding hydrogens is 841 g/mol. The zero-order valence-electron chi connectivity index (χ0n) is 31.7. The Kier molecular flexibility index (Phi) is 9.99. The lowest BCUT2D eigenvalue weighted by atomic mass is 10.0. The van der Waals surface area contributed by atoms with Gasteiger partial charge >= 0.3 is 0 Å². The van der Waals surface area contributed by atoms with Crippen molar-refractivity contribution >= 4 is 51.0 Å². The molecule has 0 radical (unpaired) electrons. The number of nitriles is 8. The molecule has 3 aromatic carbocycles. The smallest absolute Gasteiger partial charge is 0.262 e. The van der Waals surface area contributed by atoms with Crippen LogP contribution in [0.1, 0.15) is 50.9 Å². The first-order valence-corrected chi connectivity index (χ1v) is 16.9. The van der Waals surface area contributed by atoms with Crippen LogP contribution in [0.3, 0.4) is 0 Å². The molecule has 66 heavy (non-hydrogen) atoms. The van der Waals surface area contributed by atoms with Crippen molar-refractivity contribution < 1.29 is 0 Å². The summed E-state index contributed by atoms with van der Waals surface area (Å²) in [5.74, 6) is -3.97. The number of allylic oxidation sites excluding steroid dienone is 2. The molecule has 0 bridgehead atoms. The van der Waals surface area contributed by atoms with Crippen LogP contribution < -0.4 is 32.1 Å². The van der Waals surface area contributed by atoms with Gasteiger partial charge in [-0.2, -0.15) is 42.1 Å². The van der Waals surface area contributed by atoms with Gasteiger partial charge in [-0.15, -0.1) is 0 Å². The van der Waals surface area contributed by atoms with E-state index in [1.165, 1.54) is 0 Å². The van der Waals surface area contributed by atoms with Crippen LogP contribution >= 0.6 is 0 Å². The van der Waals surface area contributed by atoms with Crippen molar-refractivity contribution in [1.82, 2.24) is 15.0 Å². The molecule has 0 saturated carbocycles. The molecular formula is C42N24. The largest absolute Gasteiger partial charge is 0.274 e. The van der Waals surface area contributed by atoms with E-state index in [1.54, 1.807) is 48.6 Å². The van der Waals surface area contributed by atoms with E-state index in [1.807, 2.05) is 0 Å². The molecule has 3 aliphatic heterocycles. The zero-order chi connectivity index (χ0) is 47.6. The number of hydrogen-bond acceptors (Lipinski definition) is 17. The molecule has 24 heteroatoms. The first-order valence-electron chi connectivity index (χ1n) is 16.9. The van der Waals surface area contributed by atoms with Gasteiger partial charge in [0.1, 0.15) is 46.8 Å². The second kappa shape index (κ2) is 16.0. The van der Waals surface area contributed by atoms with Gasteiger partial charge in [0.05, 0.1) is 124 Å². The maximum absolute atomic E-state index is 10.6. The topological polar surface area (TPSA) is 334 Å². The van der Waals surface area contributed by atoms with Gasteiger partial charge in [-0.3, -0.25) is 14.7 Å². The van der Waals surface area contributed by atoms with Crippen LogP contribution in [0.2, 0.25) is 0 Å². The van der Waals surface area contributed by atoms with Crippen LogP contribution in [-0.4, -0.2) is 15.0 Å². The summed E-state index contributed by atoms with van der Waals surface area (Å²) in [5.41, 5.74) is -7.94. The van der Waals surface area contributed by atoms with Crippen molar-refractivity contribution in [3.8, 4) is 48.6 Å². The van der Waals surface area contributed by atoms with Crippen molar-refractivity contribution in [3.63, 3.8) is 0 Å². The number of aromatic nitrogens is 3. The van der Waals surface area contributed by atoms with E-state index in [0.717, 1.165) is 0 Å². The van der Waals surface area contributed by atoms with Gasteiger partial charge in [-0.25, -0.2) is 64.1 Å². The Labute approximate surface area is 366 Å². The molecule has 0 aliphatic carbocycles. The quantitative estimate of drug-likeness (QED) is 0.213. The van der Waals surface area contributed by atoms with Gasteiger partial charge in [0, 0.05) is 0 Å². The Morgan fingerprint density at radius 1 is 0.333 bits per heavy atom. The van der Waals surface area contributed by atoms with E-state index in [-0.39, 0.29) is 32.1 Å². The van der Waals surface area contributed by atoms with Crippen LogP contribution in [0.25, 0.3) is 50.8 Å². The van der Waals surface area contributed by atoms with Gasteiger partial charge in [0.15, 0.2) is 34.9 Å². The number of hydrogen-bond donors (Lipinski definition) is 0. The Balaban J connectivity index is 1.65. The van der Waals surface area contributed by atoms with E-state index < -0.39 is 119 Å². The number of nitrogens with zero attached hydrogens (tertiary/aromatic N) is 24. The summed E-state index contributed by atoms with van der Waals surface area (Å²) in [4.78, 5) is 61.3. The van der Waals surface area contributed by atoms with Crippen molar-refractivity contribution in [2.45, 2.75) is 0 Å². The highest BCUT2D eigenvalue weighted by Crippen LogP contribution is 2.38. The number of benzene rings is 3. The Hall–Kier alpha value is -13.0. The normalized spacial score (nSPS) is 13.6. The van der Waals surface area contributed by atoms with Gasteiger partial charge in [0.2, 0.25) is 34.1 Å². The monoisotopic (exact) mass is 840 g/mol. The molecule has 1 aromatic heterocycles. The van der Waals surface area contributed by atoms with Crippen molar-refractivity contribution in [3.05, 3.63) is 180 Å². The van der Waals surface area contributed by atoms with E-state index in [0.29, 0.717) is 0 Å². The maximum atomic E-state index is 10.6. The highest BCUT2D eigenvalue weighted by molar-refractivity contribution is 5.89. The summed E-state index contributed by atoms with van der Waals surface area (Å²) < 4.78 is 0. The van der Waals surface area contributed by atoms with Crippen molar-refractivity contribution in [2.75, 3.05) is 0 Å². The molecule has 4 aromatic rings. The fourth-order valence-corrected chi connectivity index (χ4v) is 6.38. The second-order valence-corrected chi connectivity index (χ2v) is 12.2. The third kappa shape index (κ3) is 5.75. The molecule has 288 valence electrons. The summed E-state index contributed by atoms with van der Waals surface area (Å²) in [6.45, 7) is 54.1. The van der Waals surface area contributed by atoms with E-state index in [9.17, 15) is 42.1 Å². The van der Waals surface area contributed by atoms with E-state index >= 15 is 0 Å². The van der Waals surface area contributed by atoms with Crippen LogP contribution in [0.15, 0.2) is 47.4 Å². The van der Waals surface area contributed by atoms with Crippen LogP contribution in [0.4, 0.5) is 34.1 Å². The van der Waals surface area contributed by atoms with Crippen LogP contribution in [0, 0.1) is 137 Å².